The summed E-state index contributed by atoms with van der Waals surface area (Å²) in [6.07, 6.45) is 0.774. The molecule has 0 bridgehead atoms. The van der Waals surface area contributed by atoms with Gasteiger partial charge in [-0.25, -0.2) is 4.79 Å². The highest BCUT2D eigenvalue weighted by molar-refractivity contribution is 6.04. The standard InChI is InChI=1S/C19H21NO4/c1-3-12-23-18(21)13-24-17-10-6-15(7-11-17)19(22)20-16-8-4-14(2)5-9-16/h4-11H,3,12-13H2,1-2H3,(H,20,22). The first-order valence-electron chi connectivity index (χ1n) is 7.85. The van der Waals surface area contributed by atoms with E-state index in [2.05, 4.69) is 5.32 Å². The number of amides is 1. The predicted molar refractivity (Wildman–Crippen MR) is 92.3 cm³/mol. The Kier molecular flexibility index (Phi) is 6.37. The molecule has 2 aromatic rings. The minimum atomic E-state index is -0.405. The van der Waals surface area contributed by atoms with E-state index >= 15 is 0 Å². The smallest absolute Gasteiger partial charge is 0.344 e. The van der Waals surface area contributed by atoms with Crippen molar-refractivity contribution in [2.75, 3.05) is 18.5 Å². The lowest BCUT2D eigenvalue weighted by molar-refractivity contribution is -0.146. The summed E-state index contributed by atoms with van der Waals surface area (Å²) in [6.45, 7) is 4.16. The van der Waals surface area contributed by atoms with Crippen LogP contribution in [0.4, 0.5) is 5.69 Å². The molecule has 2 rings (SSSR count). The largest absolute Gasteiger partial charge is 0.482 e. The van der Waals surface area contributed by atoms with Gasteiger partial charge in [0.1, 0.15) is 5.75 Å². The molecule has 0 aliphatic carbocycles. The number of nitrogens with one attached hydrogen (secondary N) is 1. The topological polar surface area (TPSA) is 64.6 Å². The number of carbonyl (C=O) groups is 2. The van der Waals surface area contributed by atoms with Crippen molar-refractivity contribution in [3.8, 4) is 5.75 Å². The van der Waals surface area contributed by atoms with Crippen molar-refractivity contribution in [2.24, 2.45) is 0 Å². The van der Waals surface area contributed by atoms with Crippen LogP contribution in [0.2, 0.25) is 0 Å². The zero-order valence-electron chi connectivity index (χ0n) is 13.9. The van der Waals surface area contributed by atoms with Crippen molar-refractivity contribution in [1.82, 2.24) is 0 Å². The van der Waals surface area contributed by atoms with E-state index in [1.165, 1.54) is 0 Å². The molecule has 0 atom stereocenters. The Hall–Kier alpha value is -2.82. The predicted octanol–water partition coefficient (Wildman–Crippen LogP) is 3.58. The van der Waals surface area contributed by atoms with Crippen LogP contribution in [0.5, 0.6) is 5.75 Å². The highest BCUT2D eigenvalue weighted by Crippen LogP contribution is 2.15. The minimum Gasteiger partial charge on any atom is -0.482 e. The molecule has 0 aliphatic rings. The molecule has 0 unspecified atom stereocenters. The van der Waals surface area contributed by atoms with Crippen LogP contribution in [0.25, 0.3) is 0 Å². The summed E-state index contributed by atoms with van der Waals surface area (Å²) in [5.74, 6) is -0.0962. The van der Waals surface area contributed by atoms with Crippen molar-refractivity contribution in [3.05, 3.63) is 59.7 Å². The molecule has 0 radical (unpaired) electrons. The number of carbonyl (C=O) groups excluding carboxylic acids is 2. The van der Waals surface area contributed by atoms with Gasteiger partial charge in [0.05, 0.1) is 6.61 Å². The van der Waals surface area contributed by atoms with Gasteiger partial charge in [0.2, 0.25) is 0 Å². The Morgan fingerprint density at radius 1 is 1.00 bits per heavy atom. The molecule has 0 fully saturated rings. The monoisotopic (exact) mass is 327 g/mol. The van der Waals surface area contributed by atoms with Crippen LogP contribution >= 0.6 is 0 Å². The molecule has 5 nitrogen and oxygen atoms in total. The van der Waals surface area contributed by atoms with E-state index in [1.807, 2.05) is 38.1 Å². The Labute approximate surface area is 141 Å². The van der Waals surface area contributed by atoms with Gasteiger partial charge >= 0.3 is 5.97 Å². The molecule has 24 heavy (non-hydrogen) atoms. The summed E-state index contributed by atoms with van der Waals surface area (Å²) in [5.41, 5.74) is 2.38. The highest BCUT2D eigenvalue weighted by Gasteiger charge is 2.07. The van der Waals surface area contributed by atoms with Gasteiger partial charge in [0.25, 0.3) is 5.91 Å². The molecule has 1 amide bonds. The third-order valence-corrected chi connectivity index (χ3v) is 3.25. The van der Waals surface area contributed by atoms with Crippen LogP contribution in [0.15, 0.2) is 48.5 Å². The normalized spacial score (nSPS) is 10.1. The first-order chi connectivity index (χ1) is 11.6. The number of anilines is 1. The summed E-state index contributed by atoms with van der Waals surface area (Å²) < 4.78 is 10.2. The van der Waals surface area contributed by atoms with E-state index in [0.29, 0.717) is 17.9 Å². The quantitative estimate of drug-likeness (QED) is 0.790. The zero-order valence-corrected chi connectivity index (χ0v) is 13.9. The molecule has 0 aliphatic heterocycles. The molecule has 2 aromatic carbocycles. The van der Waals surface area contributed by atoms with E-state index in [0.717, 1.165) is 17.7 Å². The molecule has 0 saturated carbocycles. The lowest BCUT2D eigenvalue weighted by Gasteiger charge is -2.08. The summed E-state index contributed by atoms with van der Waals surface area (Å²) >= 11 is 0. The molecule has 0 spiro atoms. The van der Waals surface area contributed by atoms with Crippen LogP contribution in [-0.4, -0.2) is 25.1 Å². The van der Waals surface area contributed by atoms with E-state index in [4.69, 9.17) is 9.47 Å². The number of rotatable bonds is 7. The number of benzene rings is 2. The van der Waals surface area contributed by atoms with Crippen molar-refractivity contribution >= 4 is 17.6 Å². The van der Waals surface area contributed by atoms with Gasteiger partial charge in [0.15, 0.2) is 6.61 Å². The molecule has 0 saturated heterocycles. The SMILES string of the molecule is CCCOC(=O)COc1ccc(C(=O)Nc2ccc(C)cc2)cc1. The maximum absolute atomic E-state index is 12.2. The maximum atomic E-state index is 12.2. The van der Waals surface area contributed by atoms with E-state index < -0.39 is 5.97 Å². The maximum Gasteiger partial charge on any atom is 0.344 e. The fourth-order valence-electron chi connectivity index (χ4n) is 1.94. The van der Waals surface area contributed by atoms with Gasteiger partial charge in [-0.15, -0.1) is 0 Å². The van der Waals surface area contributed by atoms with Gasteiger partial charge in [0, 0.05) is 11.3 Å². The lowest BCUT2D eigenvalue weighted by Crippen LogP contribution is -2.15. The summed E-state index contributed by atoms with van der Waals surface area (Å²) in [7, 11) is 0. The first kappa shape index (κ1) is 17.5. The van der Waals surface area contributed by atoms with Gasteiger partial charge in [-0.2, -0.15) is 0 Å². The Morgan fingerprint density at radius 2 is 1.67 bits per heavy atom. The van der Waals surface area contributed by atoms with Crippen molar-refractivity contribution < 1.29 is 19.1 Å². The number of aryl methyl sites for hydroxylation is 1. The van der Waals surface area contributed by atoms with Gasteiger partial charge < -0.3 is 14.8 Å². The second-order valence-electron chi connectivity index (χ2n) is 5.35. The van der Waals surface area contributed by atoms with Crippen LogP contribution in [0.3, 0.4) is 0 Å². The second-order valence-corrected chi connectivity index (χ2v) is 5.35. The van der Waals surface area contributed by atoms with Gasteiger partial charge in [-0.3, -0.25) is 4.79 Å². The molecular formula is C19H21NO4. The number of esters is 1. The van der Waals surface area contributed by atoms with Gasteiger partial charge in [-0.1, -0.05) is 24.6 Å². The van der Waals surface area contributed by atoms with Crippen molar-refractivity contribution in [3.63, 3.8) is 0 Å². The third kappa shape index (κ3) is 5.43. The summed E-state index contributed by atoms with van der Waals surface area (Å²) in [5, 5.41) is 2.82. The number of hydrogen-bond acceptors (Lipinski definition) is 4. The average Bonchev–Trinajstić information content (AvgIpc) is 2.60. The summed E-state index contributed by atoms with van der Waals surface area (Å²) in [4.78, 5) is 23.5. The third-order valence-electron chi connectivity index (χ3n) is 3.25. The van der Waals surface area contributed by atoms with Crippen LogP contribution in [0.1, 0.15) is 29.3 Å². The Morgan fingerprint density at radius 3 is 2.29 bits per heavy atom. The molecule has 5 heteroatoms. The van der Waals surface area contributed by atoms with Crippen LogP contribution < -0.4 is 10.1 Å². The van der Waals surface area contributed by atoms with Gasteiger partial charge in [-0.05, 0) is 49.7 Å². The molecule has 0 aromatic heterocycles. The van der Waals surface area contributed by atoms with Crippen LogP contribution in [0, 0.1) is 6.92 Å². The minimum absolute atomic E-state index is 0.144. The van der Waals surface area contributed by atoms with E-state index in [1.54, 1.807) is 24.3 Å². The Bertz CT molecular complexity index is 678. The van der Waals surface area contributed by atoms with E-state index in [-0.39, 0.29) is 12.5 Å². The van der Waals surface area contributed by atoms with E-state index in [9.17, 15) is 9.59 Å². The molecule has 126 valence electrons. The summed E-state index contributed by atoms with van der Waals surface area (Å²) in [6, 6.07) is 14.2. The zero-order chi connectivity index (χ0) is 17.4. The first-order valence-corrected chi connectivity index (χ1v) is 7.85. The fourth-order valence-corrected chi connectivity index (χ4v) is 1.94. The number of hydrogen-bond donors (Lipinski definition) is 1. The van der Waals surface area contributed by atoms with Crippen molar-refractivity contribution in [1.29, 1.82) is 0 Å². The van der Waals surface area contributed by atoms with Crippen LogP contribution in [-0.2, 0) is 9.53 Å². The molecule has 1 N–H and O–H groups in total. The van der Waals surface area contributed by atoms with Crippen molar-refractivity contribution in [2.45, 2.75) is 20.3 Å². The lowest BCUT2D eigenvalue weighted by atomic mass is 10.2. The highest BCUT2D eigenvalue weighted by atomic mass is 16.6. The fraction of sp³-hybridized carbons (Fsp3) is 0.263. The number of ether oxygens (including phenoxy) is 2. The molecule has 0 heterocycles. The molecular weight excluding hydrogens is 306 g/mol. The average molecular weight is 327 g/mol. The second kappa shape index (κ2) is 8.72. The Balaban J connectivity index is 1.87.